The first-order chi connectivity index (χ1) is 13.1. The van der Waals surface area contributed by atoms with Crippen LogP contribution < -0.4 is 20.5 Å². The maximum absolute atomic E-state index is 12.1. The van der Waals surface area contributed by atoms with Crippen LogP contribution in [0.5, 0.6) is 0 Å². The molecule has 0 aliphatic carbocycles. The van der Waals surface area contributed by atoms with Gasteiger partial charge in [0.25, 0.3) is 0 Å². The van der Waals surface area contributed by atoms with Crippen molar-refractivity contribution in [1.82, 2.24) is 5.32 Å². The summed E-state index contributed by atoms with van der Waals surface area (Å²) in [5.41, 5.74) is 0.775. The van der Waals surface area contributed by atoms with Gasteiger partial charge in [-0.15, -0.1) is 11.8 Å². The monoisotopic (exact) mass is 444 g/mol. The number of anilines is 2. The molecule has 2 rings (SSSR count). The third-order valence-electron chi connectivity index (χ3n) is 3.46. The summed E-state index contributed by atoms with van der Waals surface area (Å²) in [5.74, 6) is -0.358. The maximum Gasteiger partial charge on any atom is 0.319 e. The Labute approximate surface area is 168 Å². The normalized spacial score (nSPS) is 11.6. The van der Waals surface area contributed by atoms with E-state index in [1.54, 1.807) is 23.9 Å². The molecule has 0 saturated heterocycles. The minimum absolute atomic E-state index is 0.112. The molecule has 5 N–H and O–H groups in total. The van der Waals surface area contributed by atoms with Crippen molar-refractivity contribution in [2.75, 3.05) is 28.6 Å². The maximum atomic E-state index is 12.1. The highest BCUT2D eigenvalue weighted by atomic mass is 32.2. The lowest BCUT2D eigenvalue weighted by Crippen LogP contribution is -2.34. The SMILES string of the molecule is CSc1ccc(NC(=O)NCCS(=O)(=O)Nc2ccc(S(N)(=O)=O)cc2)cc1. The molecule has 0 aliphatic rings. The summed E-state index contributed by atoms with van der Waals surface area (Å²) in [7, 11) is -7.59. The van der Waals surface area contributed by atoms with Crippen molar-refractivity contribution in [3.05, 3.63) is 48.5 Å². The highest BCUT2D eigenvalue weighted by Gasteiger charge is 2.13. The quantitative estimate of drug-likeness (QED) is 0.455. The predicted octanol–water partition coefficient (Wildman–Crippen LogP) is 1.62. The van der Waals surface area contributed by atoms with Crippen LogP contribution in [0.1, 0.15) is 0 Å². The Morgan fingerprint density at radius 2 is 1.54 bits per heavy atom. The van der Waals surface area contributed by atoms with Crippen LogP contribution in [0.25, 0.3) is 0 Å². The van der Waals surface area contributed by atoms with Gasteiger partial charge in [-0.1, -0.05) is 0 Å². The molecular weight excluding hydrogens is 424 g/mol. The molecule has 28 heavy (non-hydrogen) atoms. The number of sulfonamides is 2. The molecule has 2 aromatic rings. The second-order valence-corrected chi connectivity index (χ2v) is 9.88. The Kier molecular flexibility index (Phi) is 7.29. The van der Waals surface area contributed by atoms with E-state index >= 15 is 0 Å². The van der Waals surface area contributed by atoms with E-state index in [2.05, 4.69) is 15.4 Å². The third kappa shape index (κ3) is 7.03. The Hall–Kier alpha value is -2.28. The minimum atomic E-state index is -3.85. The number of urea groups is 1. The van der Waals surface area contributed by atoms with Crippen LogP contribution in [0.2, 0.25) is 0 Å². The lowest BCUT2D eigenvalue weighted by molar-refractivity contribution is 0.252. The lowest BCUT2D eigenvalue weighted by atomic mass is 10.3. The van der Waals surface area contributed by atoms with E-state index in [-0.39, 0.29) is 22.9 Å². The first kappa shape index (κ1) is 22.0. The molecule has 0 spiro atoms. The van der Waals surface area contributed by atoms with Crippen molar-refractivity contribution in [1.29, 1.82) is 0 Å². The number of carbonyl (C=O) groups is 1. The fourth-order valence-corrected chi connectivity index (χ4v) is 3.98. The molecule has 0 saturated carbocycles. The van der Waals surface area contributed by atoms with Gasteiger partial charge in [0.05, 0.1) is 10.6 Å². The van der Waals surface area contributed by atoms with Crippen molar-refractivity contribution in [3.8, 4) is 0 Å². The fraction of sp³-hybridized carbons (Fsp3) is 0.188. The molecule has 0 atom stereocenters. The Morgan fingerprint density at radius 1 is 0.964 bits per heavy atom. The molecule has 0 bridgehead atoms. The molecule has 0 heterocycles. The van der Waals surface area contributed by atoms with Crippen LogP contribution in [-0.4, -0.2) is 41.4 Å². The van der Waals surface area contributed by atoms with Gasteiger partial charge in [-0.2, -0.15) is 0 Å². The summed E-state index contributed by atoms with van der Waals surface area (Å²) in [6.07, 6.45) is 1.94. The highest BCUT2D eigenvalue weighted by Crippen LogP contribution is 2.17. The summed E-state index contributed by atoms with van der Waals surface area (Å²) in [6, 6.07) is 11.6. The second-order valence-electron chi connectivity index (χ2n) is 5.60. The van der Waals surface area contributed by atoms with Crippen molar-refractivity contribution in [2.24, 2.45) is 5.14 Å². The number of amides is 2. The molecule has 0 aliphatic heterocycles. The largest absolute Gasteiger partial charge is 0.337 e. The van der Waals surface area contributed by atoms with E-state index in [4.69, 9.17) is 5.14 Å². The average Bonchev–Trinajstić information content (AvgIpc) is 2.61. The van der Waals surface area contributed by atoms with E-state index in [1.807, 2.05) is 18.4 Å². The van der Waals surface area contributed by atoms with Gasteiger partial charge < -0.3 is 10.6 Å². The first-order valence-corrected chi connectivity index (χ1v) is 12.3. The fourth-order valence-electron chi connectivity index (χ4n) is 2.09. The van der Waals surface area contributed by atoms with Gasteiger partial charge in [-0.25, -0.2) is 26.8 Å². The molecule has 0 aromatic heterocycles. The standard InChI is InChI=1S/C16H20N4O5S3/c1-26-14-6-2-12(3-7-14)19-16(21)18-10-11-27(22,23)20-13-4-8-15(9-5-13)28(17,24)25/h2-9,20H,10-11H2,1H3,(H2,17,24,25)(H2,18,19,21). The highest BCUT2D eigenvalue weighted by molar-refractivity contribution is 7.98. The van der Waals surface area contributed by atoms with Crippen LogP contribution in [0.3, 0.4) is 0 Å². The molecular formula is C16H20N4O5S3. The van der Waals surface area contributed by atoms with Crippen molar-refractivity contribution in [3.63, 3.8) is 0 Å². The number of hydrogen-bond acceptors (Lipinski definition) is 6. The average molecular weight is 445 g/mol. The zero-order valence-corrected chi connectivity index (χ0v) is 17.3. The van der Waals surface area contributed by atoms with E-state index in [9.17, 15) is 21.6 Å². The summed E-state index contributed by atoms with van der Waals surface area (Å²) < 4.78 is 48.8. The number of benzene rings is 2. The molecule has 2 amide bonds. The van der Waals surface area contributed by atoms with Crippen LogP contribution >= 0.6 is 11.8 Å². The molecule has 0 unspecified atom stereocenters. The van der Waals surface area contributed by atoms with Crippen molar-refractivity contribution in [2.45, 2.75) is 9.79 Å². The van der Waals surface area contributed by atoms with Gasteiger partial charge in [0.15, 0.2) is 0 Å². The Balaban J connectivity index is 1.83. The van der Waals surface area contributed by atoms with E-state index < -0.39 is 26.1 Å². The van der Waals surface area contributed by atoms with Crippen molar-refractivity contribution < 1.29 is 21.6 Å². The topological polar surface area (TPSA) is 147 Å². The van der Waals surface area contributed by atoms with Gasteiger partial charge in [0, 0.05) is 22.8 Å². The molecule has 0 radical (unpaired) electrons. The minimum Gasteiger partial charge on any atom is -0.337 e. The van der Waals surface area contributed by atoms with Gasteiger partial charge in [-0.3, -0.25) is 4.72 Å². The summed E-state index contributed by atoms with van der Waals surface area (Å²) in [6.45, 7) is -0.112. The second kappa shape index (κ2) is 9.28. The number of nitrogens with one attached hydrogen (secondary N) is 3. The van der Waals surface area contributed by atoms with Crippen molar-refractivity contribution >= 4 is 49.2 Å². The number of primary sulfonamides is 1. The molecule has 152 valence electrons. The van der Waals surface area contributed by atoms with E-state index in [0.29, 0.717) is 5.69 Å². The Bertz CT molecular complexity index is 1020. The van der Waals surface area contributed by atoms with Crippen LogP contribution in [0.4, 0.5) is 16.2 Å². The van der Waals surface area contributed by atoms with Crippen LogP contribution in [-0.2, 0) is 20.0 Å². The van der Waals surface area contributed by atoms with E-state index in [0.717, 1.165) is 4.90 Å². The van der Waals surface area contributed by atoms with Gasteiger partial charge in [0.2, 0.25) is 20.0 Å². The van der Waals surface area contributed by atoms with Gasteiger partial charge >= 0.3 is 6.03 Å². The lowest BCUT2D eigenvalue weighted by Gasteiger charge is -2.10. The molecule has 0 fully saturated rings. The number of nitrogens with two attached hydrogens (primary N) is 1. The molecule has 2 aromatic carbocycles. The summed E-state index contributed by atoms with van der Waals surface area (Å²) >= 11 is 1.58. The predicted molar refractivity (Wildman–Crippen MR) is 110 cm³/mol. The smallest absolute Gasteiger partial charge is 0.319 e. The van der Waals surface area contributed by atoms with Crippen LogP contribution in [0, 0.1) is 0 Å². The zero-order valence-electron chi connectivity index (χ0n) is 14.9. The zero-order chi connectivity index (χ0) is 20.8. The number of rotatable bonds is 8. The summed E-state index contributed by atoms with van der Waals surface area (Å²) in [5, 5.41) is 10.1. The van der Waals surface area contributed by atoms with Gasteiger partial charge in [0.1, 0.15) is 0 Å². The number of hydrogen-bond donors (Lipinski definition) is 4. The Morgan fingerprint density at radius 3 is 2.07 bits per heavy atom. The molecule has 9 nitrogen and oxygen atoms in total. The number of carbonyl (C=O) groups excluding carboxylic acids is 1. The first-order valence-electron chi connectivity index (χ1n) is 7.91. The summed E-state index contributed by atoms with van der Waals surface area (Å²) in [4.78, 5) is 12.8. The number of thioether (sulfide) groups is 1. The third-order valence-corrected chi connectivity index (χ3v) is 6.42. The molecule has 12 heteroatoms. The van der Waals surface area contributed by atoms with Crippen LogP contribution in [0.15, 0.2) is 58.3 Å². The van der Waals surface area contributed by atoms with E-state index in [1.165, 1.54) is 24.3 Å². The van der Waals surface area contributed by atoms with Gasteiger partial charge in [-0.05, 0) is 54.8 Å².